The number of carbonyl (C=O) groups is 1. The van der Waals surface area contributed by atoms with Gasteiger partial charge in [-0.3, -0.25) is 4.79 Å². The first-order valence-electron chi connectivity index (χ1n) is 11.0. The van der Waals surface area contributed by atoms with Gasteiger partial charge in [-0.15, -0.1) is 0 Å². The largest absolute Gasteiger partial charge is 0.351 e. The number of rotatable bonds is 10. The molecule has 36 heavy (non-hydrogen) atoms. The Morgan fingerprint density at radius 3 is 1.97 bits per heavy atom. The second-order valence-corrected chi connectivity index (χ2v) is 12.9. The Balaban J connectivity index is 1.77. The number of carbonyl (C=O) groups excluding carboxylic acids is 1. The number of hydrogen-bond donors (Lipinski definition) is 1. The van der Waals surface area contributed by atoms with Gasteiger partial charge in [0, 0.05) is 32.2 Å². The van der Waals surface area contributed by atoms with Crippen LogP contribution in [0.5, 0.6) is 0 Å². The molecule has 0 fully saturated rings. The number of aryl methyl sites for hydroxylation is 1. The van der Waals surface area contributed by atoms with Gasteiger partial charge in [-0.2, -0.15) is 4.31 Å². The zero-order chi connectivity index (χ0) is 26.5. The minimum atomic E-state index is -4.00. The lowest BCUT2D eigenvalue weighted by Gasteiger charge is -2.23. The molecule has 8 nitrogen and oxygen atoms in total. The van der Waals surface area contributed by atoms with Crippen molar-refractivity contribution < 1.29 is 21.6 Å². The molecular formula is C25H28ClN3O5S2. The number of hydrogen-bond acceptors (Lipinski definition) is 5. The van der Waals surface area contributed by atoms with Gasteiger partial charge in [-0.1, -0.05) is 48.0 Å². The predicted octanol–water partition coefficient (Wildman–Crippen LogP) is 3.41. The molecule has 0 bridgehead atoms. The van der Waals surface area contributed by atoms with Gasteiger partial charge in [0.25, 0.3) is 0 Å². The van der Waals surface area contributed by atoms with Crippen LogP contribution in [-0.2, 0) is 37.9 Å². The maximum atomic E-state index is 13.4. The van der Waals surface area contributed by atoms with Crippen molar-refractivity contribution in [2.24, 2.45) is 0 Å². The molecule has 0 radical (unpaired) electrons. The molecule has 3 rings (SSSR count). The lowest BCUT2D eigenvalue weighted by molar-refractivity contribution is -0.121. The summed E-state index contributed by atoms with van der Waals surface area (Å²) in [6.07, 6.45) is 0. The first kappa shape index (κ1) is 27.8. The normalized spacial score (nSPS) is 12.2. The Bertz CT molecular complexity index is 1420. The Morgan fingerprint density at radius 2 is 1.39 bits per heavy atom. The maximum absolute atomic E-state index is 13.4. The molecule has 0 aliphatic rings. The van der Waals surface area contributed by atoms with Crippen molar-refractivity contribution >= 4 is 37.6 Å². The van der Waals surface area contributed by atoms with Crippen molar-refractivity contribution in [3.05, 3.63) is 94.5 Å². The molecule has 0 spiro atoms. The van der Waals surface area contributed by atoms with Crippen LogP contribution in [-0.4, -0.2) is 52.0 Å². The zero-order valence-electron chi connectivity index (χ0n) is 20.2. The highest BCUT2D eigenvalue weighted by molar-refractivity contribution is 7.89. The summed E-state index contributed by atoms with van der Waals surface area (Å²) >= 11 is 5.92. The van der Waals surface area contributed by atoms with E-state index < -0.39 is 32.5 Å². The van der Waals surface area contributed by atoms with E-state index in [1.807, 2.05) is 31.2 Å². The summed E-state index contributed by atoms with van der Waals surface area (Å²) in [6, 6.07) is 19.3. The van der Waals surface area contributed by atoms with Crippen molar-refractivity contribution in [1.82, 2.24) is 13.9 Å². The summed E-state index contributed by atoms with van der Waals surface area (Å²) in [5.74, 6) is -0.494. The van der Waals surface area contributed by atoms with Crippen LogP contribution in [0, 0.1) is 6.92 Å². The van der Waals surface area contributed by atoms with Gasteiger partial charge in [-0.05, 0) is 60.0 Å². The van der Waals surface area contributed by atoms with E-state index in [9.17, 15) is 21.6 Å². The average Bonchev–Trinajstić information content (AvgIpc) is 2.84. The highest BCUT2D eigenvalue weighted by Crippen LogP contribution is 2.22. The Labute approximate surface area is 217 Å². The summed E-state index contributed by atoms with van der Waals surface area (Å²) in [4.78, 5) is 13.0. The van der Waals surface area contributed by atoms with E-state index >= 15 is 0 Å². The fraction of sp³-hybridized carbons (Fsp3) is 0.240. The standard InChI is InChI=1S/C25H28ClN3O5S2/c1-19-6-4-5-7-21(19)17-29(36(33,34)24-14-10-22(26)11-15-24)18-25(30)27-16-20-8-12-23(13-9-20)35(31,32)28(2)3/h4-15H,16-18H2,1-3H3,(H,27,30). The highest BCUT2D eigenvalue weighted by atomic mass is 35.5. The molecule has 0 aliphatic heterocycles. The molecule has 192 valence electrons. The number of benzene rings is 3. The van der Waals surface area contributed by atoms with E-state index in [0.29, 0.717) is 10.6 Å². The second-order valence-electron chi connectivity index (χ2n) is 8.36. The molecule has 11 heteroatoms. The third kappa shape index (κ3) is 6.71. The first-order valence-corrected chi connectivity index (χ1v) is 14.3. The second kappa shape index (κ2) is 11.5. The Morgan fingerprint density at radius 1 is 0.833 bits per heavy atom. The van der Waals surface area contributed by atoms with Crippen molar-refractivity contribution in [3.8, 4) is 0 Å². The molecular weight excluding hydrogens is 522 g/mol. The van der Waals surface area contributed by atoms with Gasteiger partial charge < -0.3 is 5.32 Å². The van der Waals surface area contributed by atoms with Crippen molar-refractivity contribution in [1.29, 1.82) is 0 Å². The van der Waals surface area contributed by atoms with Crippen LogP contribution in [0.25, 0.3) is 0 Å². The smallest absolute Gasteiger partial charge is 0.243 e. The quantitative estimate of drug-likeness (QED) is 0.417. The molecule has 0 unspecified atom stereocenters. The van der Waals surface area contributed by atoms with E-state index in [0.717, 1.165) is 19.7 Å². The van der Waals surface area contributed by atoms with Gasteiger partial charge in [0.05, 0.1) is 16.3 Å². The summed E-state index contributed by atoms with van der Waals surface area (Å²) in [6.45, 7) is 1.61. The van der Waals surface area contributed by atoms with Crippen molar-refractivity contribution in [2.45, 2.75) is 29.8 Å². The number of halogens is 1. The topological polar surface area (TPSA) is 104 Å². The van der Waals surface area contributed by atoms with Crippen LogP contribution in [0.3, 0.4) is 0 Å². The van der Waals surface area contributed by atoms with E-state index in [2.05, 4.69) is 5.32 Å². The number of nitrogens with one attached hydrogen (secondary N) is 1. The van der Waals surface area contributed by atoms with Gasteiger partial charge in [-0.25, -0.2) is 21.1 Å². The highest BCUT2D eigenvalue weighted by Gasteiger charge is 2.27. The van der Waals surface area contributed by atoms with Gasteiger partial charge >= 0.3 is 0 Å². The first-order chi connectivity index (χ1) is 16.9. The minimum absolute atomic E-state index is 0.0160. The fourth-order valence-electron chi connectivity index (χ4n) is 3.37. The summed E-state index contributed by atoms with van der Waals surface area (Å²) in [5, 5.41) is 3.12. The lowest BCUT2D eigenvalue weighted by atomic mass is 10.1. The molecule has 1 amide bonds. The molecule has 3 aromatic rings. The van der Waals surface area contributed by atoms with E-state index in [-0.39, 0.29) is 22.9 Å². The SMILES string of the molecule is Cc1ccccc1CN(CC(=O)NCc1ccc(S(=O)(=O)N(C)C)cc1)S(=O)(=O)c1ccc(Cl)cc1. The average molecular weight is 550 g/mol. The van der Waals surface area contributed by atoms with Crippen LogP contribution in [0.15, 0.2) is 82.6 Å². The molecule has 0 atom stereocenters. The third-order valence-electron chi connectivity index (χ3n) is 5.57. The Hall–Kier alpha value is -2.76. The summed E-state index contributed by atoms with van der Waals surface area (Å²) < 4.78 is 53.5. The number of sulfonamides is 2. The van der Waals surface area contributed by atoms with Crippen molar-refractivity contribution in [3.63, 3.8) is 0 Å². The van der Waals surface area contributed by atoms with Gasteiger partial charge in [0.2, 0.25) is 26.0 Å². The minimum Gasteiger partial charge on any atom is -0.351 e. The third-order valence-corrected chi connectivity index (χ3v) is 9.46. The zero-order valence-corrected chi connectivity index (χ0v) is 22.6. The van der Waals surface area contributed by atoms with Crippen LogP contribution in [0.2, 0.25) is 5.02 Å². The summed E-state index contributed by atoms with van der Waals surface area (Å²) in [5.41, 5.74) is 2.36. The molecule has 0 saturated carbocycles. The number of amides is 1. The van der Waals surface area contributed by atoms with E-state index in [1.165, 1.54) is 50.5 Å². The van der Waals surface area contributed by atoms with Crippen LogP contribution in [0.4, 0.5) is 0 Å². The molecule has 0 aromatic heterocycles. The maximum Gasteiger partial charge on any atom is 0.243 e. The van der Waals surface area contributed by atoms with E-state index in [4.69, 9.17) is 11.6 Å². The molecule has 0 aliphatic carbocycles. The van der Waals surface area contributed by atoms with Gasteiger partial charge in [0.1, 0.15) is 0 Å². The van der Waals surface area contributed by atoms with Crippen LogP contribution in [0.1, 0.15) is 16.7 Å². The number of nitrogens with zero attached hydrogens (tertiary/aromatic N) is 2. The lowest BCUT2D eigenvalue weighted by Crippen LogP contribution is -2.40. The fourth-order valence-corrected chi connectivity index (χ4v) is 5.77. The molecule has 0 saturated heterocycles. The van der Waals surface area contributed by atoms with Crippen LogP contribution < -0.4 is 5.32 Å². The molecule has 1 N–H and O–H groups in total. The van der Waals surface area contributed by atoms with E-state index in [1.54, 1.807) is 12.1 Å². The van der Waals surface area contributed by atoms with Gasteiger partial charge in [0.15, 0.2) is 0 Å². The van der Waals surface area contributed by atoms with Crippen LogP contribution >= 0.6 is 11.6 Å². The molecule has 3 aromatic carbocycles. The summed E-state index contributed by atoms with van der Waals surface area (Å²) in [7, 11) is -4.66. The van der Waals surface area contributed by atoms with Crippen molar-refractivity contribution in [2.75, 3.05) is 20.6 Å². The Kier molecular flexibility index (Phi) is 8.91. The monoisotopic (exact) mass is 549 g/mol. The molecule has 0 heterocycles. The predicted molar refractivity (Wildman–Crippen MR) is 139 cm³/mol.